The Balaban J connectivity index is 1.32. The molecule has 1 spiro atoms. The third-order valence-electron chi connectivity index (χ3n) is 7.23. The van der Waals surface area contributed by atoms with Crippen LogP contribution in [0.5, 0.6) is 0 Å². The first kappa shape index (κ1) is 23.6. The Morgan fingerprint density at radius 3 is 2.49 bits per heavy atom. The number of likely N-dealkylation sites (tertiary alicyclic amines) is 1. The number of anilines is 1. The number of alkyl halides is 2. The molecule has 2 atom stereocenters. The van der Waals surface area contributed by atoms with Gasteiger partial charge in [-0.2, -0.15) is 0 Å². The lowest BCUT2D eigenvalue weighted by Crippen LogP contribution is -2.51. The van der Waals surface area contributed by atoms with E-state index in [-0.39, 0.29) is 24.4 Å². The van der Waals surface area contributed by atoms with Gasteiger partial charge in [0.25, 0.3) is 11.8 Å². The molecule has 2 saturated heterocycles. The Labute approximate surface area is 212 Å². The summed E-state index contributed by atoms with van der Waals surface area (Å²) < 4.78 is -1.57. The molecule has 5 amide bonds. The number of piperidine rings is 1. The van der Waals surface area contributed by atoms with Crippen LogP contribution in [0.3, 0.4) is 0 Å². The number of hydrogen-bond donors (Lipinski definition) is 2. The van der Waals surface area contributed by atoms with Crippen LogP contribution >= 0.6 is 23.2 Å². The van der Waals surface area contributed by atoms with Crippen molar-refractivity contribution in [3.05, 3.63) is 65.2 Å². The maximum atomic E-state index is 13.0. The van der Waals surface area contributed by atoms with Crippen LogP contribution < -0.4 is 10.6 Å². The molecular formula is C25H24Cl2N4O4. The highest BCUT2D eigenvalue weighted by atomic mass is 35.5. The summed E-state index contributed by atoms with van der Waals surface area (Å²) in [6.45, 7) is -0.208. The van der Waals surface area contributed by atoms with Crippen molar-refractivity contribution in [1.82, 2.24) is 15.1 Å². The number of nitrogens with one attached hydrogen (secondary N) is 2. The van der Waals surface area contributed by atoms with Crippen molar-refractivity contribution in [2.75, 3.05) is 18.9 Å². The first-order valence-electron chi connectivity index (χ1n) is 11.4. The van der Waals surface area contributed by atoms with E-state index in [0.29, 0.717) is 31.4 Å². The van der Waals surface area contributed by atoms with Gasteiger partial charge in [0, 0.05) is 25.6 Å². The number of fused-ring (bicyclic) bond motifs is 1. The van der Waals surface area contributed by atoms with Crippen LogP contribution in [0.4, 0.5) is 10.5 Å². The van der Waals surface area contributed by atoms with Crippen molar-refractivity contribution in [3.8, 4) is 0 Å². The number of likely N-dealkylation sites (N-methyl/N-ethyl adjacent to an activating group) is 1. The van der Waals surface area contributed by atoms with Gasteiger partial charge in [-0.15, -0.1) is 0 Å². The maximum Gasteiger partial charge on any atom is 0.324 e. The number of carbonyl (C=O) groups is 4. The van der Waals surface area contributed by atoms with Crippen molar-refractivity contribution in [2.45, 2.75) is 41.6 Å². The van der Waals surface area contributed by atoms with Crippen LogP contribution in [0, 0.1) is 0 Å². The Bertz CT molecular complexity index is 1240. The van der Waals surface area contributed by atoms with Gasteiger partial charge in [-0.1, -0.05) is 59.6 Å². The molecule has 2 aliphatic heterocycles. The van der Waals surface area contributed by atoms with Crippen LogP contribution in [0.2, 0.25) is 0 Å². The largest absolute Gasteiger partial charge is 0.325 e. The minimum Gasteiger partial charge on any atom is -0.325 e. The van der Waals surface area contributed by atoms with Gasteiger partial charge < -0.3 is 15.1 Å². The quantitative estimate of drug-likeness (QED) is 0.483. The van der Waals surface area contributed by atoms with E-state index in [1.807, 2.05) is 42.5 Å². The highest BCUT2D eigenvalue weighted by Gasteiger charge is 2.54. The van der Waals surface area contributed by atoms with Crippen molar-refractivity contribution >= 4 is 52.6 Å². The Hall–Kier alpha value is -3.10. The topological polar surface area (TPSA) is 98.8 Å². The van der Waals surface area contributed by atoms with Crippen LogP contribution in [0.1, 0.15) is 35.6 Å². The van der Waals surface area contributed by atoms with E-state index in [0.717, 1.165) is 16.7 Å². The first-order valence-corrected chi connectivity index (χ1v) is 12.1. The van der Waals surface area contributed by atoms with Crippen molar-refractivity contribution in [2.24, 2.45) is 0 Å². The second-order valence-corrected chi connectivity index (χ2v) is 10.8. The molecule has 5 rings (SSSR count). The molecular weight excluding hydrogens is 491 g/mol. The molecule has 0 aromatic heterocycles. The van der Waals surface area contributed by atoms with E-state index in [4.69, 9.17) is 23.2 Å². The van der Waals surface area contributed by atoms with Gasteiger partial charge in [0.15, 0.2) is 4.33 Å². The summed E-state index contributed by atoms with van der Waals surface area (Å²) in [4.78, 5) is 53.4. The van der Waals surface area contributed by atoms with Crippen molar-refractivity contribution in [1.29, 1.82) is 0 Å². The number of carbonyl (C=O) groups excluding carboxylic acids is 4. The lowest BCUT2D eigenvalue weighted by Gasteiger charge is -2.40. The summed E-state index contributed by atoms with van der Waals surface area (Å²) >= 11 is 12.5. The molecule has 0 saturated carbocycles. The van der Waals surface area contributed by atoms with E-state index >= 15 is 0 Å². The van der Waals surface area contributed by atoms with Crippen molar-refractivity contribution < 1.29 is 19.2 Å². The zero-order valence-electron chi connectivity index (χ0n) is 19.0. The molecule has 0 bridgehead atoms. The first-order chi connectivity index (χ1) is 16.6. The fourth-order valence-corrected chi connectivity index (χ4v) is 5.70. The highest BCUT2D eigenvalue weighted by molar-refractivity contribution is 6.58. The lowest BCUT2D eigenvalue weighted by atomic mass is 9.94. The normalized spacial score (nSPS) is 25.1. The summed E-state index contributed by atoms with van der Waals surface area (Å²) in [6.07, 6.45) is 1.61. The molecule has 2 heterocycles. The van der Waals surface area contributed by atoms with Gasteiger partial charge in [-0.25, -0.2) is 4.79 Å². The third-order valence-corrected chi connectivity index (χ3v) is 7.93. The molecule has 2 fully saturated rings. The molecule has 35 heavy (non-hydrogen) atoms. The fourth-order valence-electron chi connectivity index (χ4n) is 5.27. The van der Waals surface area contributed by atoms with Crippen LogP contribution in [-0.4, -0.2) is 57.0 Å². The molecule has 1 aliphatic carbocycles. The average Bonchev–Trinajstić information content (AvgIpc) is 3.30. The predicted octanol–water partition coefficient (Wildman–Crippen LogP) is 3.18. The van der Waals surface area contributed by atoms with Gasteiger partial charge in [0.2, 0.25) is 5.91 Å². The molecule has 10 heteroatoms. The second-order valence-electron chi connectivity index (χ2n) is 9.34. The number of imide groups is 1. The molecule has 182 valence electrons. The van der Waals surface area contributed by atoms with Gasteiger partial charge in [0.1, 0.15) is 12.1 Å². The summed E-state index contributed by atoms with van der Waals surface area (Å²) in [6, 6.07) is 14.2. The Kier molecular flexibility index (Phi) is 5.76. The van der Waals surface area contributed by atoms with Crippen LogP contribution in [0.25, 0.3) is 0 Å². The molecule has 1 unspecified atom stereocenters. The molecule has 0 radical (unpaired) electrons. The number of benzene rings is 2. The van der Waals surface area contributed by atoms with E-state index < -0.39 is 21.8 Å². The Morgan fingerprint density at radius 1 is 1.09 bits per heavy atom. The maximum absolute atomic E-state index is 13.0. The number of nitrogens with zero attached hydrogens (tertiary/aromatic N) is 2. The smallest absolute Gasteiger partial charge is 0.324 e. The molecule has 3 aliphatic rings. The van der Waals surface area contributed by atoms with Gasteiger partial charge in [-0.05, 0) is 41.7 Å². The Morgan fingerprint density at radius 2 is 1.80 bits per heavy atom. The summed E-state index contributed by atoms with van der Waals surface area (Å²) in [5.74, 6) is -1.19. The van der Waals surface area contributed by atoms with E-state index in [2.05, 4.69) is 10.6 Å². The second kappa shape index (κ2) is 8.53. The standard InChI is InChI=1S/C25H24Cl2N4O4/c1-30-23(35)29-21(33)24(30)12-16-7-8-18(11-17(16)13-24)28-20(32)14-31-19(15-5-3-2-4-6-15)9-10-25(26,27)22(31)34/h2-8,11,19H,9-10,12-14H2,1H3,(H,28,32)(H,29,33,35)/t19-,24?/m0/s1. The van der Waals surface area contributed by atoms with Gasteiger partial charge in [-0.3, -0.25) is 19.7 Å². The van der Waals surface area contributed by atoms with Crippen LogP contribution in [-0.2, 0) is 27.2 Å². The third kappa shape index (κ3) is 4.04. The number of amides is 5. The summed E-state index contributed by atoms with van der Waals surface area (Å²) in [5, 5.41) is 5.22. The molecule has 8 nitrogen and oxygen atoms in total. The van der Waals surface area contributed by atoms with Gasteiger partial charge in [0.05, 0.1) is 6.04 Å². The predicted molar refractivity (Wildman–Crippen MR) is 131 cm³/mol. The molecule has 2 aromatic carbocycles. The summed E-state index contributed by atoms with van der Waals surface area (Å²) in [5.41, 5.74) is 2.35. The van der Waals surface area contributed by atoms with Crippen molar-refractivity contribution in [3.63, 3.8) is 0 Å². The summed E-state index contributed by atoms with van der Waals surface area (Å²) in [7, 11) is 1.61. The van der Waals surface area contributed by atoms with E-state index in [9.17, 15) is 19.2 Å². The zero-order chi connectivity index (χ0) is 25.0. The van der Waals surface area contributed by atoms with E-state index in [1.165, 1.54) is 9.80 Å². The number of rotatable bonds is 4. The lowest BCUT2D eigenvalue weighted by molar-refractivity contribution is -0.140. The minimum absolute atomic E-state index is 0.208. The fraction of sp³-hybridized carbons (Fsp3) is 0.360. The molecule has 2 N–H and O–H groups in total. The van der Waals surface area contributed by atoms with Crippen LogP contribution in [0.15, 0.2) is 48.5 Å². The zero-order valence-corrected chi connectivity index (χ0v) is 20.5. The minimum atomic E-state index is -1.57. The number of urea groups is 1. The number of halogens is 2. The van der Waals surface area contributed by atoms with E-state index in [1.54, 1.807) is 13.1 Å². The average molecular weight is 515 g/mol. The molecule has 2 aromatic rings. The number of hydrogen-bond acceptors (Lipinski definition) is 4. The highest BCUT2D eigenvalue weighted by Crippen LogP contribution is 2.42. The van der Waals surface area contributed by atoms with Gasteiger partial charge >= 0.3 is 6.03 Å². The SMILES string of the molecule is CN1C(=O)NC(=O)C12Cc1ccc(NC(=O)CN3C(=O)C(Cl)(Cl)CC[C@H]3c3ccccc3)cc1C2. The monoisotopic (exact) mass is 514 g/mol.